The van der Waals surface area contributed by atoms with Crippen LogP contribution in [-0.4, -0.2) is 13.4 Å². The first-order chi connectivity index (χ1) is 32.5. The third kappa shape index (κ3) is 4.81. The Morgan fingerprint density at radius 1 is 0.313 bits per heavy atom. The Balaban J connectivity index is 1.13. The number of hydrogen-bond donors (Lipinski definition) is 0. The van der Waals surface area contributed by atoms with E-state index in [4.69, 9.17) is 0 Å². The van der Waals surface area contributed by atoms with E-state index >= 15 is 0 Å². The van der Waals surface area contributed by atoms with Crippen LogP contribution in [0.15, 0.2) is 176 Å². The third-order valence-electron chi connectivity index (χ3n) is 15.5. The average Bonchev–Trinajstić information content (AvgIpc) is 4.12. The van der Waals surface area contributed by atoms with Gasteiger partial charge in [0.15, 0.2) is 0 Å². The highest BCUT2D eigenvalue weighted by atomic mass is 15.0. The van der Waals surface area contributed by atoms with E-state index in [9.17, 15) is 0 Å². The van der Waals surface area contributed by atoms with E-state index in [1.165, 1.54) is 147 Å². The molecule has 0 saturated heterocycles. The average molecular weight is 858 g/mol. The van der Waals surface area contributed by atoms with Gasteiger partial charge in [0.2, 0.25) is 0 Å². The highest BCUT2D eigenvalue weighted by Crippen LogP contribution is 2.51. The lowest BCUT2D eigenvalue weighted by molar-refractivity contribution is 0.590. The van der Waals surface area contributed by atoms with Crippen molar-refractivity contribution in [2.45, 2.75) is 52.4 Å². The summed E-state index contributed by atoms with van der Waals surface area (Å²) in [6, 6.07) is 67.1. The predicted octanol–water partition coefficient (Wildman–Crippen LogP) is 17.7. The summed E-state index contributed by atoms with van der Waals surface area (Å²) >= 11 is 0. The fourth-order valence-corrected chi connectivity index (χ4v) is 12.3. The van der Waals surface area contributed by atoms with Crippen LogP contribution >= 0.6 is 0 Å². The van der Waals surface area contributed by atoms with Crippen LogP contribution < -0.4 is 0 Å². The monoisotopic (exact) mass is 857 g/mol. The highest BCUT2D eigenvalue weighted by molar-refractivity contribution is 6.38. The van der Waals surface area contributed by atoms with Gasteiger partial charge in [-0.1, -0.05) is 139 Å². The molecular formula is C64H47N3. The number of fused-ring (bicyclic) bond motifs is 19. The molecule has 15 rings (SSSR count). The molecule has 0 aliphatic rings. The molecule has 0 unspecified atom stereocenters. The summed E-state index contributed by atoms with van der Waals surface area (Å²) in [7, 11) is 0. The molecule has 0 atom stereocenters. The number of rotatable bonds is 2. The summed E-state index contributed by atoms with van der Waals surface area (Å²) in [6.07, 6.45) is 0. The zero-order valence-electron chi connectivity index (χ0n) is 38.6. The van der Waals surface area contributed by atoms with Crippen molar-refractivity contribution in [3.05, 3.63) is 187 Å². The molecule has 0 fully saturated rings. The molecule has 10 aromatic carbocycles. The first kappa shape index (κ1) is 37.4. The summed E-state index contributed by atoms with van der Waals surface area (Å²) in [6.45, 7) is 14.0. The van der Waals surface area contributed by atoms with Crippen molar-refractivity contribution in [2.24, 2.45) is 0 Å². The fourth-order valence-electron chi connectivity index (χ4n) is 12.3. The van der Waals surface area contributed by atoms with E-state index in [-0.39, 0.29) is 10.8 Å². The quantitative estimate of drug-likeness (QED) is 0.164. The standard InChI is InChI=1S/C64H47N3/c1-63(2,3)39-25-27-55-47(31-39)51-32-40(64(4,5)6)33-52-49-35-57-48(34-56(49)66(55)60(51)52)50-30-37-17-11-13-21-43(37)59-58-42-20-12-10-16-36(42)28-45(61(58)67(57)62(50)59)38-24-26-54-46(29-38)44-22-14-15-23-53(44)65(54)41-18-8-7-9-19-41/h7-35H,1-6H3. The van der Waals surface area contributed by atoms with Gasteiger partial charge in [-0.15, -0.1) is 0 Å². The zero-order chi connectivity index (χ0) is 44.8. The number of para-hydroxylation sites is 2. The molecule has 0 bridgehead atoms. The van der Waals surface area contributed by atoms with Crippen LogP contribution in [0, 0.1) is 0 Å². The van der Waals surface area contributed by atoms with Gasteiger partial charge in [-0.3, -0.25) is 0 Å². The maximum Gasteiger partial charge on any atom is 0.0627 e. The lowest BCUT2D eigenvalue weighted by Crippen LogP contribution is -2.11. The maximum absolute atomic E-state index is 2.66. The van der Waals surface area contributed by atoms with Gasteiger partial charge in [-0.2, -0.15) is 0 Å². The fraction of sp³-hybridized carbons (Fsp3) is 0.125. The summed E-state index contributed by atoms with van der Waals surface area (Å²) in [4.78, 5) is 0. The van der Waals surface area contributed by atoms with Gasteiger partial charge in [0.1, 0.15) is 0 Å². The van der Waals surface area contributed by atoms with Gasteiger partial charge < -0.3 is 13.4 Å². The van der Waals surface area contributed by atoms with E-state index in [0.29, 0.717) is 0 Å². The second kappa shape index (κ2) is 12.5. The smallest absolute Gasteiger partial charge is 0.0627 e. The Kier molecular flexibility index (Phi) is 6.97. The minimum absolute atomic E-state index is 0.0240. The first-order valence-electron chi connectivity index (χ1n) is 23.8. The van der Waals surface area contributed by atoms with Crippen molar-refractivity contribution < 1.29 is 0 Å². The molecular weight excluding hydrogens is 811 g/mol. The number of benzene rings is 10. The van der Waals surface area contributed by atoms with Gasteiger partial charge in [0.05, 0.1) is 44.1 Å². The summed E-state index contributed by atoms with van der Waals surface area (Å²) < 4.78 is 7.66. The highest BCUT2D eigenvalue weighted by Gasteiger charge is 2.28. The SMILES string of the molecule is CC(C)(C)c1ccc2c(c1)c1cc(C(C)(C)C)cc3c4cc5c(cc4n2c13)c1cc2ccccc2c2c3c4ccccc4cc(-c4ccc6c(c4)c4ccccc4n6-c4ccccc4)c3n5c12. The van der Waals surface area contributed by atoms with Crippen molar-refractivity contribution >= 4 is 120 Å². The molecule has 3 heteroatoms. The normalized spacial score (nSPS) is 13.2. The van der Waals surface area contributed by atoms with Crippen LogP contribution in [0.2, 0.25) is 0 Å². The molecule has 0 N–H and O–H groups in total. The van der Waals surface area contributed by atoms with E-state index < -0.39 is 0 Å². The third-order valence-corrected chi connectivity index (χ3v) is 15.5. The molecule has 5 aromatic heterocycles. The Morgan fingerprint density at radius 2 is 0.836 bits per heavy atom. The van der Waals surface area contributed by atoms with Gasteiger partial charge in [-0.25, -0.2) is 0 Å². The van der Waals surface area contributed by atoms with Crippen LogP contribution in [0.25, 0.3) is 136 Å². The summed E-state index contributed by atoms with van der Waals surface area (Å²) in [5, 5.41) is 18.2. The largest absolute Gasteiger partial charge is 0.309 e. The van der Waals surface area contributed by atoms with E-state index in [1.807, 2.05) is 0 Å². The second-order valence-electron chi connectivity index (χ2n) is 21.4. The minimum Gasteiger partial charge on any atom is -0.309 e. The first-order valence-corrected chi connectivity index (χ1v) is 23.8. The van der Waals surface area contributed by atoms with E-state index in [2.05, 4.69) is 231 Å². The minimum atomic E-state index is -0.0240. The van der Waals surface area contributed by atoms with E-state index in [0.717, 1.165) is 0 Å². The Bertz CT molecular complexity index is 4620. The second-order valence-corrected chi connectivity index (χ2v) is 21.4. The molecule has 0 aliphatic heterocycles. The Hall–Kier alpha value is -7.88. The van der Waals surface area contributed by atoms with Crippen LogP contribution in [-0.2, 0) is 10.8 Å². The molecule has 318 valence electrons. The van der Waals surface area contributed by atoms with Crippen LogP contribution in [0.3, 0.4) is 0 Å². The van der Waals surface area contributed by atoms with Gasteiger partial charge in [0, 0.05) is 65.1 Å². The Labute approximate surface area is 387 Å². The molecule has 0 aliphatic carbocycles. The van der Waals surface area contributed by atoms with Crippen LogP contribution in [0.1, 0.15) is 52.7 Å². The summed E-state index contributed by atoms with van der Waals surface area (Å²) in [5.41, 5.74) is 16.5. The lowest BCUT2D eigenvalue weighted by atomic mass is 9.84. The number of hydrogen-bond acceptors (Lipinski definition) is 0. The molecule has 0 radical (unpaired) electrons. The van der Waals surface area contributed by atoms with Crippen molar-refractivity contribution in [1.29, 1.82) is 0 Å². The van der Waals surface area contributed by atoms with Crippen molar-refractivity contribution in [2.75, 3.05) is 0 Å². The molecule has 67 heavy (non-hydrogen) atoms. The zero-order valence-corrected chi connectivity index (χ0v) is 38.6. The van der Waals surface area contributed by atoms with Gasteiger partial charge in [0.25, 0.3) is 0 Å². The predicted molar refractivity (Wildman–Crippen MR) is 288 cm³/mol. The van der Waals surface area contributed by atoms with Gasteiger partial charge in [-0.05, 0) is 128 Å². The molecule has 15 aromatic rings. The summed E-state index contributed by atoms with van der Waals surface area (Å²) in [5.74, 6) is 0. The molecule has 5 heterocycles. The number of nitrogens with zero attached hydrogens (tertiary/aromatic N) is 3. The van der Waals surface area contributed by atoms with E-state index in [1.54, 1.807) is 0 Å². The van der Waals surface area contributed by atoms with Crippen molar-refractivity contribution in [3.8, 4) is 16.8 Å². The number of aromatic nitrogens is 3. The van der Waals surface area contributed by atoms with Crippen LogP contribution in [0.5, 0.6) is 0 Å². The topological polar surface area (TPSA) is 13.8 Å². The lowest BCUT2D eigenvalue weighted by Gasteiger charge is -2.20. The van der Waals surface area contributed by atoms with Crippen molar-refractivity contribution in [1.82, 2.24) is 13.4 Å². The molecule has 0 saturated carbocycles. The van der Waals surface area contributed by atoms with Crippen molar-refractivity contribution in [3.63, 3.8) is 0 Å². The Morgan fingerprint density at radius 3 is 1.54 bits per heavy atom. The van der Waals surface area contributed by atoms with Crippen LogP contribution in [0.4, 0.5) is 0 Å². The maximum atomic E-state index is 2.66. The van der Waals surface area contributed by atoms with Gasteiger partial charge >= 0.3 is 0 Å². The molecule has 0 spiro atoms. The molecule has 3 nitrogen and oxygen atoms in total. The molecule has 0 amide bonds.